The Balaban J connectivity index is 2.80. The first-order chi connectivity index (χ1) is 8.88. The Kier molecular flexibility index (Phi) is 5.17. The van der Waals surface area contributed by atoms with E-state index in [0.29, 0.717) is 5.69 Å². The SMILES string of the molecule is CCN(CC)c1ccc(NS(=O)(=O)CC(=O)O)cc1. The van der Waals surface area contributed by atoms with E-state index in [1.54, 1.807) is 24.3 Å². The Bertz CT molecular complexity index is 521. The van der Waals surface area contributed by atoms with E-state index in [4.69, 9.17) is 5.11 Å². The standard InChI is InChI=1S/C12H18N2O4S/c1-3-14(4-2)11-7-5-10(6-8-11)13-19(17,18)9-12(15)16/h5-8,13H,3-4,9H2,1-2H3,(H,15,16). The van der Waals surface area contributed by atoms with Gasteiger partial charge in [-0.3, -0.25) is 9.52 Å². The molecule has 1 aromatic carbocycles. The average Bonchev–Trinajstić information content (AvgIpc) is 2.30. The molecule has 0 radical (unpaired) electrons. The molecule has 0 amide bonds. The molecule has 0 aromatic heterocycles. The van der Waals surface area contributed by atoms with Gasteiger partial charge in [-0.2, -0.15) is 0 Å². The number of rotatable bonds is 7. The largest absolute Gasteiger partial charge is 0.480 e. The van der Waals surface area contributed by atoms with E-state index >= 15 is 0 Å². The molecule has 0 bridgehead atoms. The fourth-order valence-corrected chi connectivity index (χ4v) is 2.60. The van der Waals surface area contributed by atoms with E-state index in [-0.39, 0.29) is 0 Å². The average molecular weight is 286 g/mol. The summed E-state index contributed by atoms with van der Waals surface area (Å²) in [6.45, 7) is 5.79. The van der Waals surface area contributed by atoms with Crippen molar-refractivity contribution in [2.24, 2.45) is 0 Å². The van der Waals surface area contributed by atoms with Gasteiger partial charge in [-0.1, -0.05) is 0 Å². The van der Waals surface area contributed by atoms with Crippen molar-refractivity contribution >= 4 is 27.4 Å². The topological polar surface area (TPSA) is 86.7 Å². The highest BCUT2D eigenvalue weighted by Crippen LogP contribution is 2.18. The summed E-state index contributed by atoms with van der Waals surface area (Å²) in [6, 6.07) is 6.83. The molecule has 7 heteroatoms. The smallest absolute Gasteiger partial charge is 0.320 e. The first kappa shape index (κ1) is 15.3. The summed E-state index contributed by atoms with van der Waals surface area (Å²) in [5.41, 5.74) is 1.35. The number of carboxylic acid groups (broad SMARTS) is 1. The van der Waals surface area contributed by atoms with Gasteiger partial charge >= 0.3 is 5.97 Å². The molecule has 0 saturated heterocycles. The number of benzene rings is 1. The molecular formula is C12H18N2O4S. The number of hydrogen-bond acceptors (Lipinski definition) is 4. The van der Waals surface area contributed by atoms with Crippen molar-refractivity contribution in [3.8, 4) is 0 Å². The lowest BCUT2D eigenvalue weighted by Crippen LogP contribution is -2.23. The summed E-state index contributed by atoms with van der Waals surface area (Å²) < 4.78 is 25.1. The summed E-state index contributed by atoms with van der Waals surface area (Å²) in [7, 11) is -3.84. The van der Waals surface area contributed by atoms with Crippen LogP contribution in [-0.4, -0.2) is 38.3 Å². The Labute approximate surface area is 113 Å². The summed E-state index contributed by atoms with van der Waals surface area (Å²) in [5.74, 6) is -2.32. The summed E-state index contributed by atoms with van der Waals surface area (Å²) in [4.78, 5) is 12.5. The van der Waals surface area contributed by atoms with Gasteiger partial charge in [-0.05, 0) is 38.1 Å². The normalized spacial score (nSPS) is 11.1. The zero-order valence-corrected chi connectivity index (χ0v) is 11.8. The van der Waals surface area contributed by atoms with Crippen LogP contribution in [0.3, 0.4) is 0 Å². The predicted molar refractivity (Wildman–Crippen MR) is 75.0 cm³/mol. The lowest BCUT2D eigenvalue weighted by Gasteiger charge is -2.21. The third-order valence-corrected chi connectivity index (χ3v) is 3.76. The van der Waals surface area contributed by atoms with Crippen LogP contribution in [0.2, 0.25) is 0 Å². The first-order valence-corrected chi connectivity index (χ1v) is 7.60. The van der Waals surface area contributed by atoms with Gasteiger partial charge < -0.3 is 10.0 Å². The molecule has 1 rings (SSSR count). The van der Waals surface area contributed by atoms with E-state index in [1.807, 2.05) is 13.8 Å². The van der Waals surface area contributed by atoms with E-state index < -0.39 is 21.7 Å². The minimum atomic E-state index is -3.84. The molecule has 0 aliphatic heterocycles. The van der Waals surface area contributed by atoms with Crippen LogP contribution in [0.5, 0.6) is 0 Å². The molecule has 0 heterocycles. The third-order valence-electron chi connectivity index (χ3n) is 2.58. The van der Waals surface area contributed by atoms with Crippen molar-refractivity contribution in [1.29, 1.82) is 0 Å². The molecule has 19 heavy (non-hydrogen) atoms. The highest BCUT2D eigenvalue weighted by atomic mass is 32.2. The maximum atomic E-state index is 11.4. The maximum Gasteiger partial charge on any atom is 0.320 e. The fraction of sp³-hybridized carbons (Fsp3) is 0.417. The molecule has 0 spiro atoms. The molecule has 0 aliphatic carbocycles. The van der Waals surface area contributed by atoms with Crippen LogP contribution in [0, 0.1) is 0 Å². The molecule has 0 fully saturated rings. The monoisotopic (exact) mass is 286 g/mol. The van der Waals surface area contributed by atoms with Gasteiger partial charge in [-0.25, -0.2) is 8.42 Å². The highest BCUT2D eigenvalue weighted by Gasteiger charge is 2.15. The van der Waals surface area contributed by atoms with Gasteiger partial charge in [0.1, 0.15) is 0 Å². The second kappa shape index (κ2) is 6.42. The van der Waals surface area contributed by atoms with Gasteiger partial charge in [0.05, 0.1) is 0 Å². The number of hydrogen-bond donors (Lipinski definition) is 2. The lowest BCUT2D eigenvalue weighted by molar-refractivity contribution is -0.134. The maximum absolute atomic E-state index is 11.4. The summed E-state index contributed by atoms with van der Waals surface area (Å²) in [6.07, 6.45) is 0. The molecule has 0 atom stereocenters. The molecule has 1 aromatic rings. The number of aliphatic carboxylic acids is 1. The Morgan fingerprint density at radius 3 is 2.16 bits per heavy atom. The lowest BCUT2D eigenvalue weighted by atomic mass is 10.2. The number of carboxylic acids is 1. The number of nitrogens with zero attached hydrogens (tertiary/aromatic N) is 1. The Morgan fingerprint density at radius 2 is 1.74 bits per heavy atom. The third kappa shape index (κ3) is 4.78. The molecule has 0 saturated carbocycles. The minimum Gasteiger partial charge on any atom is -0.480 e. The summed E-state index contributed by atoms with van der Waals surface area (Å²) >= 11 is 0. The van der Waals surface area contributed by atoms with Crippen LogP contribution in [0.15, 0.2) is 24.3 Å². The quantitative estimate of drug-likeness (QED) is 0.790. The van der Waals surface area contributed by atoms with Crippen molar-refractivity contribution in [2.75, 3.05) is 28.5 Å². The van der Waals surface area contributed by atoms with Crippen molar-refractivity contribution in [2.45, 2.75) is 13.8 Å². The second-order valence-electron chi connectivity index (χ2n) is 3.97. The second-order valence-corrected chi connectivity index (χ2v) is 5.70. The van der Waals surface area contributed by atoms with Crippen LogP contribution < -0.4 is 9.62 Å². The Morgan fingerprint density at radius 1 is 1.21 bits per heavy atom. The van der Waals surface area contributed by atoms with Crippen molar-refractivity contribution in [3.63, 3.8) is 0 Å². The van der Waals surface area contributed by atoms with Gasteiger partial charge in [0.2, 0.25) is 10.0 Å². The van der Waals surface area contributed by atoms with Gasteiger partial charge in [0, 0.05) is 24.5 Å². The molecule has 0 aliphatic rings. The van der Waals surface area contributed by atoms with Crippen molar-refractivity contribution < 1.29 is 18.3 Å². The van der Waals surface area contributed by atoms with Gasteiger partial charge in [-0.15, -0.1) is 0 Å². The fourth-order valence-electron chi connectivity index (χ4n) is 1.71. The van der Waals surface area contributed by atoms with Crippen LogP contribution in [-0.2, 0) is 14.8 Å². The van der Waals surface area contributed by atoms with Crippen molar-refractivity contribution in [1.82, 2.24) is 0 Å². The van der Waals surface area contributed by atoms with Crippen LogP contribution in [0.4, 0.5) is 11.4 Å². The number of anilines is 2. The highest BCUT2D eigenvalue weighted by molar-refractivity contribution is 7.93. The number of sulfonamides is 1. The van der Waals surface area contributed by atoms with Crippen LogP contribution in [0.25, 0.3) is 0 Å². The van der Waals surface area contributed by atoms with Gasteiger partial charge in [0.15, 0.2) is 5.75 Å². The van der Waals surface area contributed by atoms with E-state index in [9.17, 15) is 13.2 Å². The molecular weight excluding hydrogens is 268 g/mol. The Hall–Kier alpha value is -1.76. The molecule has 6 nitrogen and oxygen atoms in total. The summed E-state index contributed by atoms with van der Waals surface area (Å²) in [5, 5.41) is 8.48. The first-order valence-electron chi connectivity index (χ1n) is 5.95. The number of carbonyl (C=O) groups is 1. The van der Waals surface area contributed by atoms with E-state index in [2.05, 4.69) is 9.62 Å². The molecule has 0 unspecified atom stereocenters. The van der Waals surface area contributed by atoms with E-state index in [1.165, 1.54) is 0 Å². The van der Waals surface area contributed by atoms with Gasteiger partial charge in [0.25, 0.3) is 0 Å². The predicted octanol–water partition coefficient (Wildman–Crippen LogP) is 1.36. The van der Waals surface area contributed by atoms with Crippen LogP contribution in [0.1, 0.15) is 13.8 Å². The van der Waals surface area contributed by atoms with E-state index in [0.717, 1.165) is 18.8 Å². The van der Waals surface area contributed by atoms with Crippen LogP contribution >= 0.6 is 0 Å². The minimum absolute atomic E-state index is 0.358. The number of nitrogens with one attached hydrogen (secondary N) is 1. The van der Waals surface area contributed by atoms with Crippen molar-refractivity contribution in [3.05, 3.63) is 24.3 Å². The molecule has 2 N–H and O–H groups in total. The zero-order chi connectivity index (χ0) is 14.5. The molecule has 106 valence electrons. The zero-order valence-electron chi connectivity index (χ0n) is 11.0.